The van der Waals surface area contributed by atoms with Gasteiger partial charge in [0.25, 0.3) is 5.95 Å². The lowest BCUT2D eigenvalue weighted by molar-refractivity contribution is -0.106. The standard InChI is InChI=1S/C20H28N6O5/c1-14(2)25-13-22-17-18(21-12-15-4-6-16(29-3)7-5-15)23-20(24-19(17)25)26(30-10-8-27)31-11-9-28/h4-7,13-14,27-28H,8-12H2,1-3H3,(H,21,23,24). The van der Waals surface area contributed by atoms with Crippen LogP contribution in [0.5, 0.6) is 5.75 Å². The van der Waals surface area contributed by atoms with E-state index in [0.717, 1.165) is 16.5 Å². The summed E-state index contributed by atoms with van der Waals surface area (Å²) in [5, 5.41) is 22.5. The van der Waals surface area contributed by atoms with E-state index in [4.69, 9.17) is 24.6 Å². The number of ether oxygens (including phenoxy) is 1. The zero-order valence-electron chi connectivity index (χ0n) is 17.9. The van der Waals surface area contributed by atoms with Gasteiger partial charge in [-0.2, -0.15) is 9.97 Å². The summed E-state index contributed by atoms with van der Waals surface area (Å²) in [7, 11) is 1.63. The summed E-state index contributed by atoms with van der Waals surface area (Å²) in [6, 6.07) is 7.81. The van der Waals surface area contributed by atoms with Crippen molar-refractivity contribution in [2.24, 2.45) is 0 Å². The van der Waals surface area contributed by atoms with Crippen LogP contribution in [0.1, 0.15) is 25.5 Å². The molecule has 3 aromatic rings. The fourth-order valence-electron chi connectivity index (χ4n) is 2.82. The van der Waals surface area contributed by atoms with Gasteiger partial charge in [0.15, 0.2) is 17.0 Å². The number of hydrogen-bond donors (Lipinski definition) is 3. The predicted molar refractivity (Wildman–Crippen MR) is 115 cm³/mol. The highest BCUT2D eigenvalue weighted by Gasteiger charge is 2.20. The number of methoxy groups -OCH3 is 1. The lowest BCUT2D eigenvalue weighted by atomic mass is 10.2. The summed E-state index contributed by atoms with van der Waals surface area (Å²) in [5.74, 6) is 1.40. The van der Waals surface area contributed by atoms with E-state index in [1.165, 1.54) is 0 Å². The van der Waals surface area contributed by atoms with Crippen molar-refractivity contribution in [2.45, 2.75) is 26.4 Å². The third-order valence-electron chi connectivity index (χ3n) is 4.35. The molecule has 31 heavy (non-hydrogen) atoms. The van der Waals surface area contributed by atoms with Crippen LogP contribution in [0.2, 0.25) is 0 Å². The number of nitrogens with zero attached hydrogens (tertiary/aromatic N) is 5. The van der Waals surface area contributed by atoms with Gasteiger partial charge in [0, 0.05) is 12.6 Å². The van der Waals surface area contributed by atoms with E-state index in [1.807, 2.05) is 42.7 Å². The third kappa shape index (κ3) is 5.58. The first-order chi connectivity index (χ1) is 15.1. The minimum atomic E-state index is -0.215. The maximum atomic E-state index is 9.11. The second kappa shape index (κ2) is 10.9. The van der Waals surface area contributed by atoms with Crippen LogP contribution < -0.4 is 15.3 Å². The van der Waals surface area contributed by atoms with E-state index in [-0.39, 0.29) is 38.4 Å². The molecular formula is C20H28N6O5. The van der Waals surface area contributed by atoms with Crippen LogP contribution >= 0.6 is 0 Å². The molecule has 0 spiro atoms. The number of imidazole rings is 1. The van der Waals surface area contributed by atoms with Crippen molar-refractivity contribution in [3.05, 3.63) is 36.2 Å². The molecule has 0 atom stereocenters. The van der Waals surface area contributed by atoms with Gasteiger partial charge in [-0.3, -0.25) is 0 Å². The molecule has 11 nitrogen and oxygen atoms in total. The molecule has 0 aliphatic carbocycles. The quantitative estimate of drug-likeness (QED) is 0.364. The van der Waals surface area contributed by atoms with Gasteiger partial charge in [0.1, 0.15) is 19.0 Å². The van der Waals surface area contributed by atoms with Crippen molar-refractivity contribution < 1.29 is 24.6 Å². The van der Waals surface area contributed by atoms with Gasteiger partial charge in [-0.25, -0.2) is 14.7 Å². The zero-order valence-corrected chi connectivity index (χ0v) is 17.9. The van der Waals surface area contributed by atoms with Crippen LogP contribution in [-0.4, -0.2) is 63.3 Å². The van der Waals surface area contributed by atoms with Gasteiger partial charge in [-0.15, -0.1) is 0 Å². The number of aliphatic hydroxyl groups is 2. The average molecular weight is 432 g/mol. The molecule has 0 fully saturated rings. The highest BCUT2D eigenvalue weighted by molar-refractivity contribution is 5.84. The van der Waals surface area contributed by atoms with Crippen LogP contribution in [0.4, 0.5) is 11.8 Å². The van der Waals surface area contributed by atoms with E-state index in [0.29, 0.717) is 23.5 Å². The van der Waals surface area contributed by atoms with Crippen LogP contribution in [-0.2, 0) is 16.2 Å². The molecule has 1 aromatic carbocycles. The highest BCUT2D eigenvalue weighted by Crippen LogP contribution is 2.25. The Morgan fingerprint density at radius 3 is 2.32 bits per heavy atom. The van der Waals surface area contributed by atoms with Crippen molar-refractivity contribution in [1.82, 2.24) is 19.5 Å². The molecule has 11 heteroatoms. The number of rotatable bonds is 12. The molecule has 3 N–H and O–H groups in total. The Labute approximate surface area is 180 Å². The summed E-state index contributed by atoms with van der Waals surface area (Å²) >= 11 is 0. The fraction of sp³-hybridized carbons (Fsp3) is 0.450. The van der Waals surface area contributed by atoms with Gasteiger partial charge in [-0.05, 0) is 31.5 Å². The summed E-state index contributed by atoms with van der Waals surface area (Å²) in [4.78, 5) is 24.3. The third-order valence-corrected chi connectivity index (χ3v) is 4.35. The minimum Gasteiger partial charge on any atom is -0.497 e. The second-order valence-corrected chi connectivity index (χ2v) is 6.86. The molecule has 0 amide bonds. The van der Waals surface area contributed by atoms with E-state index < -0.39 is 0 Å². The van der Waals surface area contributed by atoms with Gasteiger partial charge in [-0.1, -0.05) is 17.4 Å². The molecule has 168 valence electrons. The largest absolute Gasteiger partial charge is 0.497 e. The summed E-state index contributed by atoms with van der Waals surface area (Å²) in [6.45, 7) is 4.07. The number of aliphatic hydroxyl groups excluding tert-OH is 2. The first-order valence-corrected chi connectivity index (χ1v) is 9.96. The second-order valence-electron chi connectivity index (χ2n) is 6.86. The number of hydrogen-bond acceptors (Lipinski definition) is 10. The van der Waals surface area contributed by atoms with Crippen LogP contribution in [0.3, 0.4) is 0 Å². The van der Waals surface area contributed by atoms with Crippen molar-refractivity contribution in [1.29, 1.82) is 0 Å². The minimum absolute atomic E-state index is 0.0229. The van der Waals surface area contributed by atoms with Crippen LogP contribution in [0.25, 0.3) is 11.2 Å². The Bertz CT molecular complexity index is 955. The number of fused-ring (bicyclic) bond motifs is 1. The highest BCUT2D eigenvalue weighted by atomic mass is 17.0. The first-order valence-electron chi connectivity index (χ1n) is 9.96. The topological polar surface area (TPSA) is 127 Å². The number of aromatic nitrogens is 4. The Hall–Kier alpha value is -2.99. The Balaban J connectivity index is 1.95. The van der Waals surface area contributed by atoms with Gasteiger partial charge in [0.05, 0.1) is 26.7 Å². The van der Waals surface area contributed by atoms with Gasteiger partial charge < -0.3 is 24.8 Å². The molecule has 0 aliphatic heterocycles. The van der Waals surface area contributed by atoms with Crippen molar-refractivity contribution in [3.63, 3.8) is 0 Å². The fourth-order valence-corrected chi connectivity index (χ4v) is 2.82. The van der Waals surface area contributed by atoms with E-state index in [2.05, 4.69) is 20.3 Å². The summed E-state index contributed by atoms with van der Waals surface area (Å²) in [5.41, 5.74) is 2.24. The SMILES string of the molecule is COc1ccc(CNc2nc(N(OCCO)OCCO)nc3c2ncn3C(C)C)cc1. The molecule has 0 radical (unpaired) electrons. The van der Waals surface area contributed by atoms with Crippen LogP contribution in [0, 0.1) is 0 Å². The molecule has 2 heterocycles. The Morgan fingerprint density at radius 1 is 1.06 bits per heavy atom. The van der Waals surface area contributed by atoms with Gasteiger partial charge in [0.2, 0.25) is 0 Å². The maximum absolute atomic E-state index is 9.11. The summed E-state index contributed by atoms with van der Waals surface area (Å²) < 4.78 is 7.11. The van der Waals surface area contributed by atoms with Crippen molar-refractivity contribution in [2.75, 3.05) is 44.1 Å². The molecule has 0 saturated heterocycles. The predicted octanol–water partition coefficient (Wildman–Crippen LogP) is 1.68. The molecule has 0 unspecified atom stereocenters. The smallest absolute Gasteiger partial charge is 0.281 e. The Kier molecular flexibility index (Phi) is 7.95. The molecule has 0 aliphatic rings. The lowest BCUT2D eigenvalue weighted by Crippen LogP contribution is -2.29. The van der Waals surface area contributed by atoms with E-state index >= 15 is 0 Å². The lowest BCUT2D eigenvalue weighted by Gasteiger charge is -2.21. The first kappa shape index (κ1) is 22.7. The average Bonchev–Trinajstić information content (AvgIpc) is 3.22. The summed E-state index contributed by atoms with van der Waals surface area (Å²) in [6.07, 6.45) is 1.71. The van der Waals surface area contributed by atoms with Gasteiger partial charge >= 0.3 is 0 Å². The van der Waals surface area contributed by atoms with Crippen molar-refractivity contribution in [3.8, 4) is 5.75 Å². The molecule has 0 bridgehead atoms. The van der Waals surface area contributed by atoms with Crippen LogP contribution in [0.15, 0.2) is 30.6 Å². The number of anilines is 2. The Morgan fingerprint density at radius 2 is 1.74 bits per heavy atom. The molecule has 0 saturated carbocycles. The number of benzene rings is 1. The van der Waals surface area contributed by atoms with E-state index in [1.54, 1.807) is 13.4 Å². The zero-order chi connectivity index (χ0) is 22.2. The number of nitrogens with one attached hydrogen (secondary N) is 1. The molecular weight excluding hydrogens is 404 g/mol. The van der Waals surface area contributed by atoms with E-state index in [9.17, 15) is 0 Å². The van der Waals surface area contributed by atoms with Crippen molar-refractivity contribution >= 4 is 22.9 Å². The molecule has 3 rings (SSSR count). The molecule has 2 aromatic heterocycles. The normalized spacial score (nSPS) is 11.3. The monoisotopic (exact) mass is 432 g/mol. The maximum Gasteiger partial charge on any atom is 0.281 e.